The van der Waals surface area contributed by atoms with E-state index in [0.29, 0.717) is 5.92 Å². The number of aliphatic hydroxyl groups excluding tert-OH is 1. The molecule has 2 rings (SSSR count). The smallest absolute Gasteiger partial charge is 0.246 e. The van der Waals surface area contributed by atoms with Crippen molar-refractivity contribution in [1.29, 1.82) is 0 Å². The summed E-state index contributed by atoms with van der Waals surface area (Å²) in [6.07, 6.45) is 4.71. The van der Waals surface area contributed by atoms with Gasteiger partial charge in [0, 0.05) is 0 Å². The van der Waals surface area contributed by atoms with E-state index in [1.54, 1.807) is 0 Å². The van der Waals surface area contributed by atoms with Crippen molar-refractivity contribution in [1.82, 2.24) is 5.32 Å². The summed E-state index contributed by atoms with van der Waals surface area (Å²) in [7, 11) is 0. The maximum atomic E-state index is 12.0. The third-order valence-corrected chi connectivity index (χ3v) is 4.06. The van der Waals surface area contributed by atoms with Crippen molar-refractivity contribution in [2.24, 2.45) is 5.92 Å². The third-order valence-electron chi connectivity index (χ3n) is 4.06. The molecule has 0 saturated heterocycles. The lowest BCUT2D eigenvalue weighted by Crippen LogP contribution is -2.35. The summed E-state index contributed by atoms with van der Waals surface area (Å²) >= 11 is 0. The molecule has 3 unspecified atom stereocenters. The first kappa shape index (κ1) is 16.0. The quantitative estimate of drug-likeness (QED) is 0.846. The molecule has 1 aliphatic rings. The fraction of sp³-hybridized carbons (Fsp3) is 0.588. The van der Waals surface area contributed by atoms with E-state index in [9.17, 15) is 9.90 Å². The van der Waals surface area contributed by atoms with Gasteiger partial charge < -0.3 is 15.2 Å². The number of benzene rings is 1. The van der Waals surface area contributed by atoms with Gasteiger partial charge in [-0.25, -0.2) is 0 Å². The van der Waals surface area contributed by atoms with Crippen LogP contribution in [0, 0.1) is 5.92 Å². The summed E-state index contributed by atoms with van der Waals surface area (Å²) in [5.74, 6) is 0.512. The van der Waals surface area contributed by atoms with Gasteiger partial charge in [-0.1, -0.05) is 50.1 Å². The van der Waals surface area contributed by atoms with Crippen molar-refractivity contribution in [3.05, 3.63) is 35.9 Å². The summed E-state index contributed by atoms with van der Waals surface area (Å²) in [5, 5.41) is 12.2. The van der Waals surface area contributed by atoms with Gasteiger partial charge in [0.25, 0.3) is 0 Å². The Morgan fingerprint density at radius 1 is 1.38 bits per heavy atom. The second-order valence-electron chi connectivity index (χ2n) is 5.92. The van der Waals surface area contributed by atoms with Crippen LogP contribution < -0.4 is 5.32 Å². The van der Waals surface area contributed by atoms with E-state index < -0.39 is 0 Å². The highest BCUT2D eigenvalue weighted by Crippen LogP contribution is 2.25. The number of carbonyl (C=O) groups excluding carboxylic acids is 1. The van der Waals surface area contributed by atoms with Crippen LogP contribution in [0.15, 0.2) is 30.3 Å². The topological polar surface area (TPSA) is 58.6 Å². The molecular weight excluding hydrogens is 266 g/mol. The zero-order valence-electron chi connectivity index (χ0n) is 12.6. The Morgan fingerprint density at radius 2 is 2.14 bits per heavy atom. The van der Waals surface area contributed by atoms with Crippen LogP contribution in [0.2, 0.25) is 0 Å². The molecule has 0 spiro atoms. The van der Waals surface area contributed by atoms with Crippen molar-refractivity contribution in [3.8, 4) is 0 Å². The van der Waals surface area contributed by atoms with Crippen LogP contribution in [-0.4, -0.2) is 30.3 Å². The van der Waals surface area contributed by atoms with Crippen molar-refractivity contribution in [3.63, 3.8) is 0 Å². The number of rotatable bonds is 6. The van der Waals surface area contributed by atoms with E-state index in [1.807, 2.05) is 30.3 Å². The Kier molecular flexibility index (Phi) is 6.21. The van der Waals surface area contributed by atoms with Crippen molar-refractivity contribution in [2.45, 2.75) is 44.8 Å². The van der Waals surface area contributed by atoms with Crippen LogP contribution >= 0.6 is 0 Å². The van der Waals surface area contributed by atoms with Crippen LogP contribution in [-0.2, 0) is 9.53 Å². The molecule has 0 bridgehead atoms. The molecule has 1 fully saturated rings. The molecule has 3 atom stereocenters. The molecule has 0 radical (unpaired) electrons. The fourth-order valence-corrected chi connectivity index (χ4v) is 2.88. The number of hydrogen-bond donors (Lipinski definition) is 2. The summed E-state index contributed by atoms with van der Waals surface area (Å²) in [5.41, 5.74) is 0.902. The van der Waals surface area contributed by atoms with Gasteiger partial charge >= 0.3 is 0 Å². The van der Waals surface area contributed by atoms with Gasteiger partial charge in [-0.2, -0.15) is 0 Å². The van der Waals surface area contributed by atoms with Gasteiger partial charge in [0.1, 0.15) is 6.61 Å². The molecule has 0 aliphatic heterocycles. The lowest BCUT2D eigenvalue weighted by Gasteiger charge is -2.26. The van der Waals surface area contributed by atoms with E-state index in [1.165, 1.54) is 12.8 Å². The molecule has 116 valence electrons. The highest BCUT2D eigenvalue weighted by Gasteiger charge is 2.21. The zero-order chi connectivity index (χ0) is 15.1. The lowest BCUT2D eigenvalue weighted by atomic mass is 9.89. The first-order valence-corrected chi connectivity index (χ1v) is 7.75. The number of nitrogens with one attached hydrogen (secondary N) is 1. The molecule has 1 aromatic carbocycles. The number of amides is 1. The fourth-order valence-electron chi connectivity index (χ4n) is 2.88. The average molecular weight is 291 g/mol. The zero-order valence-corrected chi connectivity index (χ0v) is 12.6. The van der Waals surface area contributed by atoms with Gasteiger partial charge in [-0.05, 0) is 24.3 Å². The molecule has 0 aromatic heterocycles. The van der Waals surface area contributed by atoms with Crippen LogP contribution in [0.3, 0.4) is 0 Å². The van der Waals surface area contributed by atoms with E-state index in [0.717, 1.165) is 18.4 Å². The maximum Gasteiger partial charge on any atom is 0.246 e. The first-order valence-electron chi connectivity index (χ1n) is 7.75. The van der Waals surface area contributed by atoms with E-state index in [2.05, 4.69) is 12.2 Å². The Labute approximate surface area is 126 Å². The second kappa shape index (κ2) is 8.15. The highest BCUT2D eigenvalue weighted by atomic mass is 16.5. The SMILES string of the molecule is CC1CCCC(OCC(=O)NC(CO)c2ccccc2)C1. The molecule has 2 N–H and O–H groups in total. The van der Waals surface area contributed by atoms with Crippen LogP contribution in [0.4, 0.5) is 0 Å². The Morgan fingerprint density at radius 3 is 2.81 bits per heavy atom. The summed E-state index contributed by atoms with van der Waals surface area (Å²) in [6.45, 7) is 2.18. The number of hydrogen-bond acceptors (Lipinski definition) is 3. The molecule has 4 heteroatoms. The Hall–Kier alpha value is -1.39. The normalized spacial score (nSPS) is 23.5. The van der Waals surface area contributed by atoms with E-state index in [-0.39, 0.29) is 31.3 Å². The molecule has 1 saturated carbocycles. The van der Waals surface area contributed by atoms with E-state index >= 15 is 0 Å². The standard InChI is InChI=1S/C17H25NO3/c1-13-6-5-9-15(10-13)21-12-17(20)18-16(11-19)14-7-3-2-4-8-14/h2-4,7-8,13,15-16,19H,5-6,9-12H2,1H3,(H,18,20). The molecule has 1 aromatic rings. The summed E-state index contributed by atoms with van der Waals surface area (Å²) in [4.78, 5) is 12.0. The minimum Gasteiger partial charge on any atom is -0.394 e. The monoisotopic (exact) mass is 291 g/mol. The van der Waals surface area contributed by atoms with Gasteiger partial charge in [0.15, 0.2) is 0 Å². The lowest BCUT2D eigenvalue weighted by molar-refractivity contribution is -0.129. The number of ether oxygens (including phenoxy) is 1. The van der Waals surface area contributed by atoms with Gasteiger partial charge in [0.05, 0.1) is 18.8 Å². The van der Waals surface area contributed by atoms with Crippen LogP contribution in [0.25, 0.3) is 0 Å². The number of carbonyl (C=O) groups is 1. The summed E-state index contributed by atoms with van der Waals surface area (Å²) in [6, 6.07) is 9.12. The first-order chi connectivity index (χ1) is 10.2. The Balaban J connectivity index is 1.78. The van der Waals surface area contributed by atoms with Crippen molar-refractivity contribution in [2.75, 3.05) is 13.2 Å². The van der Waals surface area contributed by atoms with Crippen LogP contribution in [0.5, 0.6) is 0 Å². The molecule has 21 heavy (non-hydrogen) atoms. The maximum absolute atomic E-state index is 12.0. The minimum atomic E-state index is -0.368. The van der Waals surface area contributed by atoms with Gasteiger partial charge in [0.2, 0.25) is 5.91 Å². The molecule has 0 heterocycles. The molecule has 1 amide bonds. The average Bonchev–Trinajstić information content (AvgIpc) is 2.51. The highest BCUT2D eigenvalue weighted by molar-refractivity contribution is 5.77. The second-order valence-corrected chi connectivity index (χ2v) is 5.92. The third kappa shape index (κ3) is 5.14. The van der Waals surface area contributed by atoms with Crippen molar-refractivity contribution < 1.29 is 14.6 Å². The summed E-state index contributed by atoms with van der Waals surface area (Å²) < 4.78 is 5.70. The predicted molar refractivity (Wildman–Crippen MR) is 81.8 cm³/mol. The van der Waals surface area contributed by atoms with E-state index in [4.69, 9.17) is 4.74 Å². The number of aliphatic hydroxyl groups is 1. The van der Waals surface area contributed by atoms with Crippen molar-refractivity contribution >= 4 is 5.91 Å². The largest absolute Gasteiger partial charge is 0.394 e. The van der Waals surface area contributed by atoms with Crippen LogP contribution in [0.1, 0.15) is 44.2 Å². The molecule has 1 aliphatic carbocycles. The van der Waals surface area contributed by atoms with Gasteiger partial charge in [-0.3, -0.25) is 4.79 Å². The molecular formula is C17H25NO3. The minimum absolute atomic E-state index is 0.0702. The predicted octanol–water partition coefficient (Wildman–Crippen LogP) is 2.43. The van der Waals surface area contributed by atoms with Gasteiger partial charge in [-0.15, -0.1) is 0 Å². The molecule has 4 nitrogen and oxygen atoms in total. The Bertz CT molecular complexity index is 435.